The first-order valence-electron chi connectivity index (χ1n) is 7.67. The van der Waals surface area contributed by atoms with Gasteiger partial charge in [-0.1, -0.05) is 36.4 Å². The van der Waals surface area contributed by atoms with E-state index in [9.17, 15) is 4.79 Å². The molecule has 1 aliphatic heterocycles. The van der Waals surface area contributed by atoms with Gasteiger partial charge in [0.1, 0.15) is 0 Å². The standard InChI is InChI=1S/C20H17NO4/c1-23-17-10-8-15(13-18(17)24-2)12-16-20(22)25-19(21-16)11-9-14-6-4-3-5-7-14/h3-13H,1-2H3. The summed E-state index contributed by atoms with van der Waals surface area (Å²) >= 11 is 0. The molecule has 2 aromatic rings. The van der Waals surface area contributed by atoms with Gasteiger partial charge in [-0.25, -0.2) is 9.79 Å². The van der Waals surface area contributed by atoms with Crippen molar-refractivity contribution in [2.75, 3.05) is 14.2 Å². The number of methoxy groups -OCH3 is 2. The van der Waals surface area contributed by atoms with Crippen LogP contribution in [-0.2, 0) is 9.53 Å². The molecule has 0 atom stereocenters. The minimum Gasteiger partial charge on any atom is -0.493 e. The lowest BCUT2D eigenvalue weighted by atomic mass is 10.1. The van der Waals surface area contributed by atoms with Crippen molar-refractivity contribution in [3.8, 4) is 11.5 Å². The van der Waals surface area contributed by atoms with Gasteiger partial charge in [-0.3, -0.25) is 0 Å². The minimum absolute atomic E-state index is 0.236. The van der Waals surface area contributed by atoms with Crippen LogP contribution in [0, 0.1) is 0 Å². The topological polar surface area (TPSA) is 57.1 Å². The lowest BCUT2D eigenvalue weighted by Crippen LogP contribution is -2.01. The van der Waals surface area contributed by atoms with E-state index in [0.717, 1.165) is 11.1 Å². The Morgan fingerprint density at radius 2 is 1.68 bits per heavy atom. The zero-order chi connectivity index (χ0) is 17.6. The van der Waals surface area contributed by atoms with Gasteiger partial charge < -0.3 is 14.2 Å². The molecule has 25 heavy (non-hydrogen) atoms. The summed E-state index contributed by atoms with van der Waals surface area (Å²) in [6, 6.07) is 15.1. The molecule has 5 nitrogen and oxygen atoms in total. The Morgan fingerprint density at radius 3 is 2.40 bits per heavy atom. The Labute approximate surface area is 145 Å². The van der Waals surface area contributed by atoms with Crippen LogP contribution < -0.4 is 9.47 Å². The first-order chi connectivity index (χ1) is 12.2. The third-order valence-electron chi connectivity index (χ3n) is 3.57. The number of aliphatic imine (C=N–C) groups is 1. The van der Waals surface area contributed by atoms with Crippen molar-refractivity contribution in [3.05, 3.63) is 71.4 Å². The van der Waals surface area contributed by atoms with Crippen molar-refractivity contribution in [3.63, 3.8) is 0 Å². The van der Waals surface area contributed by atoms with E-state index in [-0.39, 0.29) is 11.6 Å². The molecule has 0 spiro atoms. The van der Waals surface area contributed by atoms with Crippen molar-refractivity contribution in [2.24, 2.45) is 4.99 Å². The molecule has 0 fully saturated rings. The molecule has 0 N–H and O–H groups in total. The highest BCUT2D eigenvalue weighted by Gasteiger charge is 2.21. The normalized spacial score (nSPS) is 15.4. The maximum atomic E-state index is 12.0. The quantitative estimate of drug-likeness (QED) is 0.617. The number of benzene rings is 2. The third-order valence-corrected chi connectivity index (χ3v) is 3.57. The monoisotopic (exact) mass is 335 g/mol. The van der Waals surface area contributed by atoms with E-state index < -0.39 is 5.97 Å². The lowest BCUT2D eigenvalue weighted by Gasteiger charge is -2.07. The molecule has 0 aromatic heterocycles. The highest BCUT2D eigenvalue weighted by Crippen LogP contribution is 2.29. The van der Waals surface area contributed by atoms with Crippen molar-refractivity contribution < 1.29 is 19.0 Å². The molecular weight excluding hydrogens is 318 g/mol. The first kappa shape index (κ1) is 16.5. The number of hydrogen-bond acceptors (Lipinski definition) is 5. The lowest BCUT2D eigenvalue weighted by molar-refractivity contribution is -0.129. The van der Waals surface area contributed by atoms with Gasteiger partial charge >= 0.3 is 5.97 Å². The van der Waals surface area contributed by atoms with Gasteiger partial charge in [0.05, 0.1) is 14.2 Å². The van der Waals surface area contributed by atoms with Gasteiger partial charge in [0.2, 0.25) is 5.90 Å². The molecule has 126 valence electrons. The van der Waals surface area contributed by atoms with Crippen molar-refractivity contribution >= 4 is 24.0 Å². The van der Waals surface area contributed by atoms with E-state index in [1.165, 1.54) is 0 Å². The summed E-state index contributed by atoms with van der Waals surface area (Å²) in [6.07, 6.45) is 5.15. The number of rotatable bonds is 5. The Hall–Kier alpha value is -3.34. The summed E-state index contributed by atoms with van der Waals surface area (Å²) < 4.78 is 15.6. The van der Waals surface area contributed by atoms with E-state index in [2.05, 4.69) is 4.99 Å². The summed E-state index contributed by atoms with van der Waals surface area (Å²) in [5.74, 6) is 0.980. The van der Waals surface area contributed by atoms with Crippen molar-refractivity contribution in [1.82, 2.24) is 0 Å². The van der Waals surface area contributed by atoms with Gasteiger partial charge in [-0.05, 0) is 35.4 Å². The van der Waals surface area contributed by atoms with E-state index in [4.69, 9.17) is 14.2 Å². The second-order valence-corrected chi connectivity index (χ2v) is 5.23. The molecule has 0 saturated carbocycles. The van der Waals surface area contributed by atoms with Gasteiger partial charge in [-0.2, -0.15) is 0 Å². The molecular formula is C20H17NO4. The Balaban J connectivity index is 1.82. The molecule has 0 saturated heterocycles. The van der Waals surface area contributed by atoms with Crippen LogP contribution in [0.3, 0.4) is 0 Å². The molecule has 0 amide bonds. The van der Waals surface area contributed by atoms with Crippen LogP contribution in [0.1, 0.15) is 11.1 Å². The summed E-state index contributed by atoms with van der Waals surface area (Å²) in [5.41, 5.74) is 2.00. The Bertz CT molecular complexity index is 867. The van der Waals surface area contributed by atoms with Crippen LogP contribution in [0.2, 0.25) is 0 Å². The number of esters is 1. The summed E-state index contributed by atoms with van der Waals surface area (Å²) in [4.78, 5) is 16.2. The van der Waals surface area contributed by atoms with Gasteiger partial charge in [-0.15, -0.1) is 0 Å². The highest BCUT2D eigenvalue weighted by molar-refractivity contribution is 6.11. The average Bonchev–Trinajstić information content (AvgIpc) is 3.00. The fourth-order valence-corrected chi connectivity index (χ4v) is 2.33. The van der Waals surface area contributed by atoms with Crippen LogP contribution in [0.5, 0.6) is 11.5 Å². The molecule has 0 radical (unpaired) electrons. The second kappa shape index (κ2) is 7.49. The number of nitrogens with zero attached hydrogens (tertiary/aromatic N) is 1. The van der Waals surface area contributed by atoms with Crippen LogP contribution in [0.25, 0.3) is 12.2 Å². The van der Waals surface area contributed by atoms with Crippen LogP contribution >= 0.6 is 0 Å². The average molecular weight is 335 g/mol. The second-order valence-electron chi connectivity index (χ2n) is 5.23. The molecule has 2 aromatic carbocycles. The van der Waals surface area contributed by atoms with Gasteiger partial charge in [0.15, 0.2) is 17.2 Å². The van der Waals surface area contributed by atoms with E-state index >= 15 is 0 Å². The van der Waals surface area contributed by atoms with Crippen LogP contribution in [-0.4, -0.2) is 26.1 Å². The number of carbonyl (C=O) groups is 1. The number of hydrogen-bond donors (Lipinski definition) is 0. The largest absolute Gasteiger partial charge is 0.493 e. The molecule has 0 aliphatic carbocycles. The summed E-state index contributed by atoms with van der Waals surface area (Å²) in [5, 5.41) is 0. The zero-order valence-electron chi connectivity index (χ0n) is 13.9. The third kappa shape index (κ3) is 3.95. The van der Waals surface area contributed by atoms with E-state index in [1.807, 2.05) is 42.5 Å². The molecule has 1 aliphatic rings. The summed E-state index contributed by atoms with van der Waals surface area (Å²) in [6.45, 7) is 0. The van der Waals surface area contributed by atoms with Gasteiger partial charge in [0, 0.05) is 6.08 Å². The van der Waals surface area contributed by atoms with E-state index in [1.54, 1.807) is 38.5 Å². The SMILES string of the molecule is COc1ccc(C=C2N=C(C=Cc3ccccc3)OC2=O)cc1OC. The number of carbonyl (C=O) groups excluding carboxylic acids is 1. The Morgan fingerprint density at radius 1 is 0.920 bits per heavy atom. The zero-order valence-corrected chi connectivity index (χ0v) is 13.9. The first-order valence-corrected chi connectivity index (χ1v) is 7.67. The predicted molar refractivity (Wildman–Crippen MR) is 96.5 cm³/mol. The maximum Gasteiger partial charge on any atom is 0.363 e. The van der Waals surface area contributed by atoms with Crippen molar-refractivity contribution in [1.29, 1.82) is 0 Å². The smallest absolute Gasteiger partial charge is 0.363 e. The highest BCUT2D eigenvalue weighted by atomic mass is 16.6. The number of ether oxygens (including phenoxy) is 3. The molecule has 3 rings (SSSR count). The van der Waals surface area contributed by atoms with Crippen molar-refractivity contribution in [2.45, 2.75) is 0 Å². The number of cyclic esters (lactones) is 1. The van der Waals surface area contributed by atoms with E-state index in [0.29, 0.717) is 11.5 Å². The van der Waals surface area contributed by atoms with Gasteiger partial charge in [0.25, 0.3) is 0 Å². The molecule has 0 bridgehead atoms. The fraction of sp³-hybridized carbons (Fsp3) is 0.100. The van der Waals surface area contributed by atoms with Crippen LogP contribution in [0.15, 0.2) is 65.3 Å². The summed E-state index contributed by atoms with van der Waals surface area (Å²) in [7, 11) is 3.13. The molecule has 5 heteroatoms. The maximum absolute atomic E-state index is 12.0. The minimum atomic E-state index is -0.484. The Kier molecular flexibility index (Phi) is 4.95. The fourth-order valence-electron chi connectivity index (χ4n) is 2.33. The molecule has 0 unspecified atom stereocenters. The molecule has 1 heterocycles. The predicted octanol–water partition coefficient (Wildman–Crippen LogP) is 3.71. The van der Waals surface area contributed by atoms with Crippen LogP contribution in [0.4, 0.5) is 0 Å².